The third-order valence-corrected chi connectivity index (χ3v) is 4.62. The van der Waals surface area contributed by atoms with Gasteiger partial charge in [-0.05, 0) is 61.0 Å². The van der Waals surface area contributed by atoms with Gasteiger partial charge in [-0.15, -0.1) is 0 Å². The molecule has 2 N–H and O–H groups in total. The molecule has 1 saturated carbocycles. The molecule has 2 aliphatic carbocycles. The number of methoxy groups -OCH3 is 1. The Bertz CT molecular complexity index is 626. The highest BCUT2D eigenvalue weighted by molar-refractivity contribution is 7.80. The Hall–Kier alpha value is -1.88. The Balaban J connectivity index is 1.51. The number of benzene rings is 1. The van der Waals surface area contributed by atoms with Gasteiger partial charge in [0.05, 0.1) is 13.3 Å². The first-order valence-electron chi connectivity index (χ1n) is 7.58. The average molecular weight is 315 g/mol. The monoisotopic (exact) mass is 315 g/mol. The summed E-state index contributed by atoms with van der Waals surface area (Å²) in [5.74, 6) is 2.21. The predicted molar refractivity (Wildman–Crippen MR) is 93.3 cm³/mol. The number of nitrogens with one attached hydrogen (secondary N) is 2. The number of rotatable bonds is 4. The maximum atomic E-state index is 5.31. The van der Waals surface area contributed by atoms with Crippen LogP contribution in [-0.2, 0) is 0 Å². The van der Waals surface area contributed by atoms with Gasteiger partial charge >= 0.3 is 0 Å². The van der Waals surface area contributed by atoms with E-state index in [2.05, 4.69) is 28.0 Å². The lowest BCUT2D eigenvalue weighted by molar-refractivity contribution is 0.411. The number of hydrogen-bond donors (Lipinski definition) is 2. The van der Waals surface area contributed by atoms with Gasteiger partial charge in [0, 0.05) is 6.04 Å². The van der Waals surface area contributed by atoms with Crippen LogP contribution < -0.4 is 15.5 Å². The van der Waals surface area contributed by atoms with E-state index in [9.17, 15) is 0 Å². The topological polar surface area (TPSA) is 45.6 Å². The van der Waals surface area contributed by atoms with Crippen molar-refractivity contribution in [3.8, 4) is 5.75 Å². The van der Waals surface area contributed by atoms with Crippen LogP contribution in [-0.4, -0.2) is 24.5 Å². The Kier molecular flexibility index (Phi) is 4.43. The van der Waals surface area contributed by atoms with Crippen molar-refractivity contribution in [1.29, 1.82) is 0 Å². The molecule has 0 unspecified atom stereocenters. The standard InChI is InChI=1S/C17H21N3OS/c1-11-3-4-13(9-16(11)21-2)10-18-20-17(22)19-15-8-12-5-6-14(15)7-12/h3-6,9-10,12,14-15H,7-8H2,1-2H3,(H2,19,20,22)/b18-10-/t12-,14+,15+/m0/s1. The van der Waals surface area contributed by atoms with Crippen molar-refractivity contribution in [3.05, 3.63) is 41.5 Å². The van der Waals surface area contributed by atoms with Crippen LogP contribution in [0.15, 0.2) is 35.5 Å². The smallest absolute Gasteiger partial charge is 0.187 e. The highest BCUT2D eigenvalue weighted by Gasteiger charge is 2.35. The fourth-order valence-electron chi connectivity index (χ4n) is 3.23. The van der Waals surface area contributed by atoms with Gasteiger partial charge in [0.15, 0.2) is 5.11 Å². The molecule has 0 spiro atoms. The molecule has 2 aliphatic rings. The number of thiocarbonyl (C=S) groups is 1. The molecule has 5 heteroatoms. The summed E-state index contributed by atoms with van der Waals surface area (Å²) in [7, 11) is 1.67. The minimum atomic E-state index is 0.449. The number of nitrogens with zero attached hydrogens (tertiary/aromatic N) is 1. The zero-order valence-corrected chi connectivity index (χ0v) is 13.7. The molecule has 0 radical (unpaired) electrons. The molecule has 3 atom stereocenters. The number of allylic oxidation sites excluding steroid dienone is 1. The van der Waals surface area contributed by atoms with Crippen LogP contribution >= 0.6 is 12.2 Å². The van der Waals surface area contributed by atoms with E-state index in [-0.39, 0.29) is 0 Å². The first-order chi connectivity index (χ1) is 10.7. The van der Waals surface area contributed by atoms with E-state index in [4.69, 9.17) is 17.0 Å². The van der Waals surface area contributed by atoms with Crippen LogP contribution in [0, 0.1) is 18.8 Å². The first kappa shape index (κ1) is 15.0. The third-order valence-electron chi connectivity index (χ3n) is 4.41. The lowest BCUT2D eigenvalue weighted by Crippen LogP contribution is -2.42. The lowest BCUT2D eigenvalue weighted by atomic mass is 10.0. The van der Waals surface area contributed by atoms with Gasteiger partial charge in [0.1, 0.15) is 5.75 Å². The lowest BCUT2D eigenvalue weighted by Gasteiger charge is -2.20. The fourth-order valence-corrected chi connectivity index (χ4v) is 3.43. The van der Waals surface area contributed by atoms with Crippen LogP contribution in [0.25, 0.3) is 0 Å². The van der Waals surface area contributed by atoms with Crippen LogP contribution in [0.3, 0.4) is 0 Å². The van der Waals surface area contributed by atoms with Crippen LogP contribution in [0.5, 0.6) is 5.75 Å². The highest BCUT2D eigenvalue weighted by atomic mass is 32.1. The molecule has 1 aromatic rings. The van der Waals surface area contributed by atoms with E-state index in [0.717, 1.165) is 22.8 Å². The molecule has 2 bridgehead atoms. The SMILES string of the molecule is COc1cc(/C=N\NC(=S)N[C@@H]2C[C@H]3C=C[C@@H]2C3)ccc1C. The number of ether oxygens (including phenoxy) is 1. The Morgan fingerprint density at radius 1 is 1.36 bits per heavy atom. The molecule has 0 aromatic heterocycles. The van der Waals surface area contributed by atoms with Crippen LogP contribution in [0.1, 0.15) is 24.0 Å². The molecular weight excluding hydrogens is 294 g/mol. The predicted octanol–water partition coefficient (Wildman–Crippen LogP) is 2.77. The summed E-state index contributed by atoms with van der Waals surface area (Å²) in [6.07, 6.45) is 8.80. The summed E-state index contributed by atoms with van der Waals surface area (Å²) in [6.45, 7) is 2.01. The summed E-state index contributed by atoms with van der Waals surface area (Å²) in [5, 5.41) is 8.14. The van der Waals surface area contributed by atoms with Gasteiger partial charge in [-0.2, -0.15) is 5.10 Å². The van der Waals surface area contributed by atoms with Gasteiger partial charge in [0.25, 0.3) is 0 Å². The molecular formula is C17H21N3OS. The van der Waals surface area contributed by atoms with Gasteiger partial charge in [-0.1, -0.05) is 24.3 Å². The molecule has 116 valence electrons. The number of fused-ring (bicyclic) bond motifs is 2. The largest absolute Gasteiger partial charge is 0.496 e. The molecule has 1 aromatic carbocycles. The molecule has 0 saturated heterocycles. The summed E-state index contributed by atoms with van der Waals surface area (Å²) in [5.41, 5.74) is 4.97. The highest BCUT2D eigenvalue weighted by Crippen LogP contribution is 2.38. The minimum Gasteiger partial charge on any atom is -0.496 e. The van der Waals surface area contributed by atoms with Gasteiger partial charge in [0.2, 0.25) is 0 Å². The van der Waals surface area contributed by atoms with Crippen molar-refractivity contribution in [1.82, 2.24) is 10.7 Å². The number of aryl methyl sites for hydroxylation is 1. The Labute approximate surface area is 136 Å². The third kappa shape index (κ3) is 3.30. The van der Waals surface area contributed by atoms with E-state index in [1.807, 2.05) is 25.1 Å². The molecule has 3 rings (SSSR count). The minimum absolute atomic E-state index is 0.449. The summed E-state index contributed by atoms with van der Waals surface area (Å²) >= 11 is 5.31. The van der Waals surface area contributed by atoms with E-state index >= 15 is 0 Å². The van der Waals surface area contributed by atoms with Crippen LogP contribution in [0.2, 0.25) is 0 Å². The van der Waals surface area contributed by atoms with Crippen molar-refractivity contribution < 1.29 is 4.74 Å². The van der Waals surface area contributed by atoms with Crippen molar-refractivity contribution in [3.63, 3.8) is 0 Å². The Morgan fingerprint density at radius 3 is 2.91 bits per heavy atom. The quantitative estimate of drug-likeness (QED) is 0.388. The first-order valence-corrected chi connectivity index (χ1v) is 7.99. The second kappa shape index (κ2) is 6.48. The average Bonchev–Trinajstić information content (AvgIpc) is 3.11. The maximum Gasteiger partial charge on any atom is 0.187 e. The van der Waals surface area contributed by atoms with Crippen molar-refractivity contribution in [2.75, 3.05) is 7.11 Å². The van der Waals surface area contributed by atoms with Gasteiger partial charge in [-0.25, -0.2) is 0 Å². The second-order valence-electron chi connectivity index (χ2n) is 5.96. The molecule has 4 nitrogen and oxygen atoms in total. The van der Waals surface area contributed by atoms with E-state index in [1.165, 1.54) is 12.8 Å². The molecule has 0 aliphatic heterocycles. The van der Waals surface area contributed by atoms with Crippen molar-refractivity contribution in [2.24, 2.45) is 16.9 Å². The summed E-state index contributed by atoms with van der Waals surface area (Å²) < 4.78 is 5.30. The molecule has 0 amide bonds. The zero-order valence-electron chi connectivity index (χ0n) is 12.9. The van der Waals surface area contributed by atoms with E-state index in [0.29, 0.717) is 17.1 Å². The van der Waals surface area contributed by atoms with Crippen LogP contribution in [0.4, 0.5) is 0 Å². The number of hydrazone groups is 1. The Morgan fingerprint density at radius 2 is 2.23 bits per heavy atom. The zero-order chi connectivity index (χ0) is 15.5. The van der Waals surface area contributed by atoms with E-state index < -0.39 is 0 Å². The normalized spacial score (nSPS) is 25.6. The number of hydrogen-bond acceptors (Lipinski definition) is 3. The van der Waals surface area contributed by atoms with Gasteiger partial charge in [-0.3, -0.25) is 5.43 Å². The summed E-state index contributed by atoms with van der Waals surface area (Å²) in [4.78, 5) is 0. The van der Waals surface area contributed by atoms with Crippen molar-refractivity contribution in [2.45, 2.75) is 25.8 Å². The second-order valence-corrected chi connectivity index (χ2v) is 6.37. The van der Waals surface area contributed by atoms with Gasteiger partial charge < -0.3 is 10.1 Å². The molecule has 0 heterocycles. The van der Waals surface area contributed by atoms with E-state index in [1.54, 1.807) is 13.3 Å². The van der Waals surface area contributed by atoms with Crippen molar-refractivity contribution >= 4 is 23.5 Å². The maximum absolute atomic E-state index is 5.31. The summed E-state index contributed by atoms with van der Waals surface area (Å²) in [6, 6.07) is 6.42. The molecule has 1 fully saturated rings. The molecule has 22 heavy (non-hydrogen) atoms. The fraction of sp³-hybridized carbons (Fsp3) is 0.412.